The first kappa shape index (κ1) is 11.5. The fourth-order valence-corrected chi connectivity index (χ4v) is 2.05. The number of amides is 1. The maximum absolute atomic E-state index is 10.8. The Hall–Kier alpha value is -2.02. The van der Waals surface area contributed by atoms with E-state index in [1.54, 1.807) is 18.1 Å². The Labute approximate surface area is 102 Å². The van der Waals surface area contributed by atoms with E-state index in [-0.39, 0.29) is 6.54 Å². The number of nitrogens with zero attached hydrogens (tertiary/aromatic N) is 4. The molecular formula is C10H11N5OS. The molecule has 0 saturated carbocycles. The monoisotopic (exact) mass is 249 g/mol. The third-order valence-electron chi connectivity index (χ3n) is 2.02. The van der Waals surface area contributed by atoms with Crippen LogP contribution in [-0.4, -0.2) is 34.7 Å². The summed E-state index contributed by atoms with van der Waals surface area (Å²) >= 11 is 1.37. The topological polar surface area (TPSA) is 85.0 Å². The maximum atomic E-state index is 10.8. The number of likely N-dealkylation sites (N-methyl/N-ethyl adjacent to an activating group) is 1. The number of anilines is 1. The predicted octanol–water partition coefficient (Wildman–Crippen LogP) is 0.522. The minimum Gasteiger partial charge on any atom is -0.368 e. The molecule has 0 aliphatic carbocycles. The average molecular weight is 249 g/mol. The summed E-state index contributed by atoms with van der Waals surface area (Å²) in [6.45, 7) is 0.122. The van der Waals surface area contributed by atoms with Crippen LogP contribution in [0.1, 0.15) is 0 Å². The fourth-order valence-electron chi connectivity index (χ4n) is 1.26. The molecule has 88 valence electrons. The van der Waals surface area contributed by atoms with Gasteiger partial charge in [-0.2, -0.15) is 0 Å². The van der Waals surface area contributed by atoms with Crippen molar-refractivity contribution in [3.63, 3.8) is 0 Å². The smallest absolute Gasteiger partial charge is 0.237 e. The van der Waals surface area contributed by atoms with Gasteiger partial charge in [0.15, 0.2) is 5.01 Å². The molecule has 1 amide bonds. The average Bonchev–Trinajstić information content (AvgIpc) is 2.78. The van der Waals surface area contributed by atoms with Gasteiger partial charge < -0.3 is 10.6 Å². The summed E-state index contributed by atoms with van der Waals surface area (Å²) in [6, 6.07) is 5.58. The summed E-state index contributed by atoms with van der Waals surface area (Å²) in [7, 11) is 1.74. The molecule has 0 aromatic carbocycles. The van der Waals surface area contributed by atoms with Crippen LogP contribution in [-0.2, 0) is 4.79 Å². The molecule has 7 heteroatoms. The maximum Gasteiger partial charge on any atom is 0.237 e. The van der Waals surface area contributed by atoms with Crippen LogP contribution in [0.5, 0.6) is 0 Å². The second-order valence-electron chi connectivity index (χ2n) is 3.43. The molecule has 2 N–H and O–H groups in total. The van der Waals surface area contributed by atoms with Crippen LogP contribution in [0.4, 0.5) is 5.13 Å². The summed E-state index contributed by atoms with van der Waals surface area (Å²) in [4.78, 5) is 16.6. The number of carbonyl (C=O) groups is 1. The van der Waals surface area contributed by atoms with Crippen LogP contribution in [0.3, 0.4) is 0 Å². The van der Waals surface area contributed by atoms with Gasteiger partial charge in [0.1, 0.15) is 5.69 Å². The van der Waals surface area contributed by atoms with Crippen LogP contribution in [0, 0.1) is 0 Å². The Morgan fingerprint density at radius 2 is 2.29 bits per heavy atom. The zero-order chi connectivity index (χ0) is 12.3. The normalized spacial score (nSPS) is 10.2. The van der Waals surface area contributed by atoms with Gasteiger partial charge in [-0.15, -0.1) is 10.2 Å². The summed E-state index contributed by atoms with van der Waals surface area (Å²) in [5.74, 6) is -0.401. The number of pyridine rings is 1. The van der Waals surface area contributed by atoms with Crippen LogP contribution in [0.2, 0.25) is 0 Å². The Balaban J connectivity index is 2.19. The Kier molecular flexibility index (Phi) is 3.29. The molecular weight excluding hydrogens is 238 g/mol. The minimum atomic E-state index is -0.401. The molecule has 0 bridgehead atoms. The summed E-state index contributed by atoms with van der Waals surface area (Å²) in [5.41, 5.74) is 5.88. The van der Waals surface area contributed by atoms with Crippen LogP contribution >= 0.6 is 11.3 Å². The molecule has 2 aromatic heterocycles. The Morgan fingerprint density at radius 1 is 1.47 bits per heavy atom. The zero-order valence-corrected chi connectivity index (χ0v) is 10.0. The van der Waals surface area contributed by atoms with Crippen LogP contribution in [0.15, 0.2) is 24.4 Å². The predicted molar refractivity (Wildman–Crippen MR) is 65.6 cm³/mol. The van der Waals surface area contributed by atoms with Gasteiger partial charge >= 0.3 is 0 Å². The molecule has 0 fully saturated rings. The van der Waals surface area contributed by atoms with Gasteiger partial charge in [-0.25, -0.2) is 0 Å². The van der Waals surface area contributed by atoms with Crippen LogP contribution < -0.4 is 10.6 Å². The van der Waals surface area contributed by atoms with E-state index in [1.165, 1.54) is 11.3 Å². The van der Waals surface area contributed by atoms with Crippen molar-refractivity contribution in [2.75, 3.05) is 18.5 Å². The van der Waals surface area contributed by atoms with E-state index in [2.05, 4.69) is 15.2 Å². The van der Waals surface area contributed by atoms with Crippen molar-refractivity contribution >= 4 is 22.4 Å². The van der Waals surface area contributed by atoms with Gasteiger partial charge in [-0.05, 0) is 12.1 Å². The SMILES string of the molecule is CN(CC(N)=O)c1nnc(-c2ccccn2)s1. The third-order valence-corrected chi connectivity index (χ3v) is 3.08. The van der Waals surface area contributed by atoms with Crippen molar-refractivity contribution in [1.82, 2.24) is 15.2 Å². The quantitative estimate of drug-likeness (QED) is 0.854. The van der Waals surface area contributed by atoms with Crippen molar-refractivity contribution in [2.24, 2.45) is 5.73 Å². The molecule has 0 spiro atoms. The molecule has 0 saturated heterocycles. The third kappa shape index (κ3) is 2.76. The summed E-state index contributed by atoms with van der Waals surface area (Å²) < 4.78 is 0. The van der Waals surface area contributed by atoms with Crippen molar-refractivity contribution in [3.8, 4) is 10.7 Å². The van der Waals surface area contributed by atoms with E-state index in [4.69, 9.17) is 5.73 Å². The second-order valence-corrected chi connectivity index (χ2v) is 4.38. The largest absolute Gasteiger partial charge is 0.368 e. The number of nitrogens with two attached hydrogens (primary N) is 1. The van der Waals surface area contributed by atoms with E-state index < -0.39 is 5.91 Å². The lowest BCUT2D eigenvalue weighted by Gasteiger charge is -2.11. The van der Waals surface area contributed by atoms with E-state index in [0.717, 1.165) is 10.7 Å². The summed E-state index contributed by atoms with van der Waals surface area (Å²) in [5, 5.41) is 9.38. The van der Waals surface area contributed by atoms with Gasteiger partial charge in [0.25, 0.3) is 0 Å². The van der Waals surface area contributed by atoms with Gasteiger partial charge in [0, 0.05) is 13.2 Å². The Morgan fingerprint density at radius 3 is 2.94 bits per heavy atom. The molecule has 0 aliphatic heterocycles. The number of hydrogen-bond donors (Lipinski definition) is 1. The first-order chi connectivity index (χ1) is 8.16. The van der Waals surface area contributed by atoms with E-state index in [1.807, 2.05) is 18.2 Å². The van der Waals surface area contributed by atoms with Crippen molar-refractivity contribution < 1.29 is 4.79 Å². The highest BCUT2D eigenvalue weighted by atomic mass is 32.1. The molecule has 2 heterocycles. The number of carbonyl (C=O) groups excluding carboxylic acids is 1. The molecule has 2 rings (SSSR count). The van der Waals surface area contributed by atoms with E-state index >= 15 is 0 Å². The number of rotatable bonds is 4. The molecule has 0 unspecified atom stereocenters. The first-order valence-electron chi connectivity index (χ1n) is 4.91. The van der Waals surface area contributed by atoms with Gasteiger partial charge in [0.2, 0.25) is 11.0 Å². The summed E-state index contributed by atoms with van der Waals surface area (Å²) in [6.07, 6.45) is 1.70. The fraction of sp³-hybridized carbons (Fsp3) is 0.200. The highest BCUT2D eigenvalue weighted by Crippen LogP contribution is 2.26. The lowest BCUT2D eigenvalue weighted by atomic mass is 10.4. The van der Waals surface area contributed by atoms with Crippen molar-refractivity contribution in [3.05, 3.63) is 24.4 Å². The molecule has 2 aromatic rings. The Bertz CT molecular complexity index is 512. The zero-order valence-electron chi connectivity index (χ0n) is 9.20. The van der Waals surface area contributed by atoms with E-state index in [0.29, 0.717) is 5.13 Å². The minimum absolute atomic E-state index is 0.122. The van der Waals surface area contributed by atoms with Gasteiger partial charge in [-0.3, -0.25) is 9.78 Å². The second kappa shape index (κ2) is 4.88. The highest BCUT2D eigenvalue weighted by molar-refractivity contribution is 7.18. The number of primary amides is 1. The molecule has 6 nitrogen and oxygen atoms in total. The number of hydrogen-bond acceptors (Lipinski definition) is 6. The molecule has 17 heavy (non-hydrogen) atoms. The molecule has 0 aliphatic rings. The van der Waals surface area contributed by atoms with Gasteiger partial charge in [-0.1, -0.05) is 17.4 Å². The number of aromatic nitrogens is 3. The lowest BCUT2D eigenvalue weighted by Crippen LogP contribution is -2.30. The molecule has 0 radical (unpaired) electrons. The van der Waals surface area contributed by atoms with E-state index in [9.17, 15) is 4.79 Å². The molecule has 0 atom stereocenters. The van der Waals surface area contributed by atoms with Crippen molar-refractivity contribution in [2.45, 2.75) is 0 Å². The lowest BCUT2D eigenvalue weighted by molar-refractivity contribution is -0.116. The standard InChI is InChI=1S/C10H11N5OS/c1-15(6-8(11)16)10-14-13-9(17-10)7-4-2-3-5-12-7/h2-5H,6H2,1H3,(H2,11,16). The van der Waals surface area contributed by atoms with Crippen LogP contribution in [0.25, 0.3) is 10.7 Å². The first-order valence-corrected chi connectivity index (χ1v) is 5.73. The van der Waals surface area contributed by atoms with Gasteiger partial charge in [0.05, 0.1) is 6.54 Å². The van der Waals surface area contributed by atoms with Crippen molar-refractivity contribution in [1.29, 1.82) is 0 Å². The highest BCUT2D eigenvalue weighted by Gasteiger charge is 2.12.